The van der Waals surface area contributed by atoms with Gasteiger partial charge in [-0.2, -0.15) is 0 Å². The maximum atomic E-state index is 12.9. The summed E-state index contributed by atoms with van der Waals surface area (Å²) >= 11 is 3.43. The summed E-state index contributed by atoms with van der Waals surface area (Å²) in [6, 6.07) is 7.88. The van der Waals surface area contributed by atoms with Crippen LogP contribution in [0.4, 0.5) is 0 Å². The minimum Gasteiger partial charge on any atom is -0.311 e. The van der Waals surface area contributed by atoms with Crippen LogP contribution in [0.1, 0.15) is 30.6 Å². The van der Waals surface area contributed by atoms with Crippen molar-refractivity contribution in [3.8, 4) is 0 Å². The van der Waals surface area contributed by atoms with Gasteiger partial charge in [-0.3, -0.25) is 9.46 Å². The first-order valence-electron chi connectivity index (χ1n) is 6.81. The molecule has 0 amide bonds. The van der Waals surface area contributed by atoms with E-state index in [4.69, 9.17) is 9.05 Å². The van der Waals surface area contributed by atoms with E-state index >= 15 is 0 Å². The van der Waals surface area contributed by atoms with Gasteiger partial charge >= 0.3 is 7.60 Å². The van der Waals surface area contributed by atoms with Crippen molar-refractivity contribution in [3.05, 3.63) is 34.3 Å². The largest absolute Gasteiger partial charge is 0.351 e. The van der Waals surface area contributed by atoms with Crippen molar-refractivity contribution in [2.45, 2.75) is 25.0 Å². The number of likely N-dealkylation sites (tertiary alicyclic amines) is 1. The molecule has 1 aliphatic heterocycles. The Balaban J connectivity index is 2.37. The molecule has 6 heteroatoms. The van der Waals surface area contributed by atoms with Gasteiger partial charge < -0.3 is 9.05 Å². The molecule has 0 aromatic heterocycles. The van der Waals surface area contributed by atoms with Crippen LogP contribution in [0, 0.1) is 0 Å². The Bertz CT molecular complexity index is 466. The van der Waals surface area contributed by atoms with Gasteiger partial charge in [-0.25, -0.2) is 0 Å². The molecule has 0 saturated carbocycles. The summed E-state index contributed by atoms with van der Waals surface area (Å²) in [7, 11) is -0.269. The molecule has 1 unspecified atom stereocenters. The first kappa shape index (κ1) is 16.2. The Hall–Kier alpha value is -0.190. The molecule has 2 rings (SSSR count). The van der Waals surface area contributed by atoms with Gasteiger partial charge in [-0.1, -0.05) is 34.5 Å². The van der Waals surface area contributed by atoms with E-state index in [0.717, 1.165) is 36.0 Å². The third-order valence-corrected chi connectivity index (χ3v) is 6.48. The van der Waals surface area contributed by atoms with Gasteiger partial charge in [0.1, 0.15) is 5.78 Å². The Morgan fingerprint density at radius 3 is 2.15 bits per heavy atom. The van der Waals surface area contributed by atoms with Crippen LogP contribution >= 0.6 is 23.5 Å². The Labute approximate surface area is 129 Å². The molecule has 112 valence electrons. The van der Waals surface area contributed by atoms with Crippen molar-refractivity contribution in [2.24, 2.45) is 0 Å². The summed E-state index contributed by atoms with van der Waals surface area (Å²) in [5, 5.41) is 0. The third-order valence-electron chi connectivity index (χ3n) is 3.71. The predicted octanol–water partition coefficient (Wildman–Crippen LogP) is 4.42. The molecule has 1 aromatic carbocycles. The quantitative estimate of drug-likeness (QED) is 0.727. The van der Waals surface area contributed by atoms with Crippen molar-refractivity contribution >= 4 is 23.5 Å². The molecular formula is C14H21BrNO3P. The average Bonchev–Trinajstić information content (AvgIpc) is 2.50. The van der Waals surface area contributed by atoms with Gasteiger partial charge in [0.05, 0.1) is 0 Å². The second-order valence-electron chi connectivity index (χ2n) is 4.93. The SMILES string of the molecule is COP(=O)(OC)C(c1ccc(Br)cc1)N1CCCCC1. The lowest BCUT2D eigenvalue weighted by atomic mass is 10.1. The molecule has 0 aliphatic carbocycles. The molecule has 1 aliphatic rings. The zero-order chi connectivity index (χ0) is 14.6. The highest BCUT2D eigenvalue weighted by Gasteiger charge is 2.40. The molecule has 4 nitrogen and oxygen atoms in total. The Morgan fingerprint density at radius 2 is 1.65 bits per heavy atom. The average molecular weight is 362 g/mol. The highest BCUT2D eigenvalue weighted by molar-refractivity contribution is 9.10. The number of halogens is 1. The van der Waals surface area contributed by atoms with Crippen LogP contribution in [0.15, 0.2) is 28.7 Å². The lowest BCUT2D eigenvalue weighted by molar-refractivity contribution is 0.165. The van der Waals surface area contributed by atoms with Crippen molar-refractivity contribution in [1.29, 1.82) is 0 Å². The normalized spacial score (nSPS) is 18.9. The van der Waals surface area contributed by atoms with Crippen molar-refractivity contribution in [3.63, 3.8) is 0 Å². The minimum absolute atomic E-state index is 0.328. The van der Waals surface area contributed by atoms with Crippen molar-refractivity contribution < 1.29 is 13.6 Å². The van der Waals surface area contributed by atoms with Crippen LogP contribution in [0.3, 0.4) is 0 Å². The molecule has 1 saturated heterocycles. The van der Waals surface area contributed by atoms with Crippen LogP contribution in [-0.2, 0) is 13.6 Å². The number of benzene rings is 1. The van der Waals surface area contributed by atoms with E-state index in [1.54, 1.807) is 0 Å². The first-order chi connectivity index (χ1) is 9.60. The highest BCUT2D eigenvalue weighted by Crippen LogP contribution is 2.61. The van der Waals surface area contributed by atoms with E-state index in [2.05, 4.69) is 20.8 Å². The fourth-order valence-corrected chi connectivity index (χ4v) is 4.65. The van der Waals surface area contributed by atoms with Crippen LogP contribution in [0.25, 0.3) is 0 Å². The number of piperidine rings is 1. The van der Waals surface area contributed by atoms with Gasteiger partial charge in [-0.15, -0.1) is 0 Å². The van der Waals surface area contributed by atoms with E-state index in [1.165, 1.54) is 20.6 Å². The van der Waals surface area contributed by atoms with E-state index < -0.39 is 7.60 Å². The topological polar surface area (TPSA) is 38.8 Å². The first-order valence-corrected chi connectivity index (χ1v) is 9.22. The maximum Gasteiger partial charge on any atom is 0.351 e. The summed E-state index contributed by atoms with van der Waals surface area (Å²) in [6.07, 6.45) is 3.48. The summed E-state index contributed by atoms with van der Waals surface area (Å²) in [5.41, 5.74) is 0.974. The standard InChI is InChI=1S/C14H21BrNO3P/c1-18-20(17,19-2)14(16-10-4-3-5-11-16)12-6-8-13(15)9-7-12/h6-9,14H,3-5,10-11H2,1-2H3. The lowest BCUT2D eigenvalue weighted by Crippen LogP contribution is -2.34. The summed E-state index contributed by atoms with van der Waals surface area (Å²) < 4.78 is 24.5. The van der Waals surface area contributed by atoms with Gasteiger partial charge in [0.2, 0.25) is 0 Å². The van der Waals surface area contributed by atoms with Gasteiger partial charge in [0.15, 0.2) is 0 Å². The van der Waals surface area contributed by atoms with Gasteiger partial charge in [0.25, 0.3) is 0 Å². The highest BCUT2D eigenvalue weighted by atomic mass is 79.9. The number of rotatable bonds is 5. The molecule has 20 heavy (non-hydrogen) atoms. The molecule has 0 spiro atoms. The van der Waals surface area contributed by atoms with Crippen LogP contribution < -0.4 is 0 Å². The predicted molar refractivity (Wildman–Crippen MR) is 83.9 cm³/mol. The number of hydrogen-bond acceptors (Lipinski definition) is 4. The van der Waals surface area contributed by atoms with Crippen LogP contribution in [-0.4, -0.2) is 32.2 Å². The Kier molecular flexibility index (Phi) is 5.82. The number of nitrogens with zero attached hydrogens (tertiary/aromatic N) is 1. The maximum absolute atomic E-state index is 12.9. The second kappa shape index (κ2) is 7.19. The van der Waals surface area contributed by atoms with Crippen LogP contribution in [0.5, 0.6) is 0 Å². The summed E-state index contributed by atoms with van der Waals surface area (Å²) in [5.74, 6) is -0.328. The Morgan fingerprint density at radius 1 is 1.10 bits per heavy atom. The summed E-state index contributed by atoms with van der Waals surface area (Å²) in [6.45, 7) is 1.86. The number of hydrogen-bond donors (Lipinski definition) is 0. The second-order valence-corrected chi connectivity index (χ2v) is 8.14. The van der Waals surface area contributed by atoms with E-state index in [9.17, 15) is 4.57 Å². The van der Waals surface area contributed by atoms with Crippen molar-refractivity contribution in [2.75, 3.05) is 27.3 Å². The fourth-order valence-electron chi connectivity index (χ4n) is 2.67. The van der Waals surface area contributed by atoms with Crippen LogP contribution in [0.2, 0.25) is 0 Å². The smallest absolute Gasteiger partial charge is 0.311 e. The molecule has 1 heterocycles. The molecule has 0 N–H and O–H groups in total. The van der Waals surface area contributed by atoms with Gasteiger partial charge in [0, 0.05) is 18.7 Å². The van der Waals surface area contributed by atoms with E-state index in [-0.39, 0.29) is 5.78 Å². The molecular weight excluding hydrogens is 341 g/mol. The molecule has 1 fully saturated rings. The zero-order valence-corrected chi connectivity index (χ0v) is 14.4. The molecule has 1 aromatic rings. The van der Waals surface area contributed by atoms with Crippen molar-refractivity contribution in [1.82, 2.24) is 4.90 Å². The summed E-state index contributed by atoms with van der Waals surface area (Å²) in [4.78, 5) is 2.22. The fraction of sp³-hybridized carbons (Fsp3) is 0.571. The minimum atomic E-state index is -3.19. The molecule has 0 bridgehead atoms. The van der Waals surface area contributed by atoms with Gasteiger partial charge in [-0.05, 0) is 43.6 Å². The lowest BCUT2D eigenvalue weighted by Gasteiger charge is -2.37. The monoisotopic (exact) mass is 361 g/mol. The molecule has 1 atom stereocenters. The zero-order valence-electron chi connectivity index (χ0n) is 11.9. The van der Waals surface area contributed by atoms with E-state index in [1.807, 2.05) is 24.3 Å². The van der Waals surface area contributed by atoms with E-state index in [0.29, 0.717) is 0 Å². The molecule has 0 radical (unpaired) electrons. The third kappa shape index (κ3) is 3.52.